The predicted octanol–water partition coefficient (Wildman–Crippen LogP) is 1.61. The van der Waals surface area contributed by atoms with Gasteiger partial charge < -0.3 is 9.47 Å². The Kier molecular flexibility index (Phi) is 5.79. The van der Waals surface area contributed by atoms with Gasteiger partial charge in [-0.3, -0.25) is 4.79 Å². The average Bonchev–Trinajstić information content (AvgIpc) is 3.27. The molecule has 2 heterocycles. The number of fused-ring (bicyclic) bond motifs is 1. The van der Waals surface area contributed by atoms with Crippen molar-refractivity contribution in [2.45, 2.75) is 82.6 Å². The third kappa shape index (κ3) is 4.42. The quantitative estimate of drug-likeness (QED) is 0.755. The molecule has 3 fully saturated rings. The lowest BCUT2D eigenvalue weighted by molar-refractivity contribution is -0.132. The second-order valence-corrected chi connectivity index (χ2v) is 10.5. The maximum absolute atomic E-state index is 12.3. The molecule has 0 aromatic heterocycles. The first-order valence-corrected chi connectivity index (χ1v) is 12.3. The summed E-state index contributed by atoms with van der Waals surface area (Å²) in [6.45, 7) is 1.98. The van der Waals surface area contributed by atoms with Gasteiger partial charge in [-0.2, -0.15) is 5.10 Å². The fourth-order valence-corrected chi connectivity index (χ4v) is 6.22. The molecule has 4 atom stereocenters. The van der Waals surface area contributed by atoms with E-state index in [9.17, 15) is 13.2 Å². The highest BCUT2D eigenvalue weighted by Crippen LogP contribution is 2.40. The van der Waals surface area contributed by atoms with Crippen LogP contribution < -0.4 is 4.72 Å². The standard InChI is InChI=1S/C19H31N3O5S/c1-12(23)22-17(14-5-8-18-19(9-14)27-11-26-18)10-16(20-22)13-3-6-15(7-4-13)21-28(2,24)25/h13-15,17-19,21H,3-11H2,1-2H3. The van der Waals surface area contributed by atoms with E-state index in [1.165, 1.54) is 6.26 Å². The van der Waals surface area contributed by atoms with Crippen molar-refractivity contribution in [3.63, 3.8) is 0 Å². The fraction of sp³-hybridized carbons (Fsp3) is 0.895. The van der Waals surface area contributed by atoms with Crippen LogP contribution in [0, 0.1) is 11.8 Å². The van der Waals surface area contributed by atoms with Gasteiger partial charge in [-0.05, 0) is 56.8 Å². The van der Waals surface area contributed by atoms with Gasteiger partial charge in [-0.15, -0.1) is 0 Å². The number of rotatable bonds is 4. The molecule has 158 valence electrons. The summed E-state index contributed by atoms with van der Waals surface area (Å²) in [5, 5.41) is 6.45. The summed E-state index contributed by atoms with van der Waals surface area (Å²) in [6, 6.07) is 0.132. The molecule has 0 spiro atoms. The smallest absolute Gasteiger partial charge is 0.239 e. The number of hydrogen-bond acceptors (Lipinski definition) is 6. The zero-order chi connectivity index (χ0) is 19.9. The molecule has 1 N–H and O–H groups in total. The number of amides is 1. The van der Waals surface area contributed by atoms with Crippen molar-refractivity contribution in [1.82, 2.24) is 9.73 Å². The highest BCUT2D eigenvalue weighted by Gasteiger charge is 2.44. The van der Waals surface area contributed by atoms with E-state index in [1.807, 2.05) is 0 Å². The largest absolute Gasteiger partial charge is 0.349 e. The Morgan fingerprint density at radius 3 is 2.50 bits per heavy atom. The summed E-state index contributed by atoms with van der Waals surface area (Å²) in [7, 11) is -3.17. The molecule has 0 aromatic rings. The van der Waals surface area contributed by atoms with Crippen molar-refractivity contribution in [3.05, 3.63) is 0 Å². The second-order valence-electron chi connectivity index (χ2n) is 8.77. The molecule has 9 heteroatoms. The van der Waals surface area contributed by atoms with Crippen LogP contribution in [0.4, 0.5) is 0 Å². The highest BCUT2D eigenvalue weighted by molar-refractivity contribution is 7.88. The summed E-state index contributed by atoms with van der Waals surface area (Å²) in [5.41, 5.74) is 1.11. The van der Waals surface area contributed by atoms with Crippen LogP contribution in [0.2, 0.25) is 0 Å². The van der Waals surface area contributed by atoms with Gasteiger partial charge in [0.2, 0.25) is 15.9 Å². The van der Waals surface area contributed by atoms with Crippen LogP contribution in [-0.4, -0.2) is 62.4 Å². The van der Waals surface area contributed by atoms with E-state index in [0.29, 0.717) is 18.6 Å². The van der Waals surface area contributed by atoms with E-state index in [-0.39, 0.29) is 30.2 Å². The maximum atomic E-state index is 12.3. The molecule has 4 unspecified atom stereocenters. The van der Waals surface area contributed by atoms with Crippen molar-refractivity contribution >= 4 is 21.6 Å². The van der Waals surface area contributed by atoms with Crippen molar-refractivity contribution in [2.75, 3.05) is 13.0 Å². The lowest BCUT2D eigenvalue weighted by Crippen LogP contribution is -2.43. The monoisotopic (exact) mass is 413 g/mol. The molecule has 0 radical (unpaired) electrons. The Morgan fingerprint density at radius 1 is 1.11 bits per heavy atom. The normalized spacial score (nSPS) is 38.9. The van der Waals surface area contributed by atoms with Gasteiger partial charge in [0.05, 0.1) is 24.5 Å². The number of ether oxygens (including phenoxy) is 2. The van der Waals surface area contributed by atoms with Crippen molar-refractivity contribution in [3.8, 4) is 0 Å². The maximum Gasteiger partial charge on any atom is 0.239 e. The molecule has 4 rings (SSSR count). The summed E-state index contributed by atoms with van der Waals surface area (Å²) >= 11 is 0. The predicted molar refractivity (Wildman–Crippen MR) is 104 cm³/mol. The van der Waals surface area contributed by atoms with E-state index >= 15 is 0 Å². The Morgan fingerprint density at radius 2 is 1.82 bits per heavy atom. The minimum atomic E-state index is -3.17. The van der Waals surface area contributed by atoms with Crippen LogP contribution in [0.3, 0.4) is 0 Å². The Balaban J connectivity index is 1.38. The zero-order valence-electron chi connectivity index (χ0n) is 16.7. The summed E-state index contributed by atoms with van der Waals surface area (Å²) in [5.74, 6) is 0.723. The van der Waals surface area contributed by atoms with E-state index in [2.05, 4.69) is 4.72 Å². The fourth-order valence-electron chi connectivity index (χ4n) is 5.38. The van der Waals surface area contributed by atoms with Gasteiger partial charge in [0.1, 0.15) is 6.79 Å². The third-order valence-electron chi connectivity index (χ3n) is 6.75. The Bertz CT molecular complexity index is 732. The van der Waals surface area contributed by atoms with Crippen molar-refractivity contribution in [1.29, 1.82) is 0 Å². The molecule has 28 heavy (non-hydrogen) atoms. The van der Waals surface area contributed by atoms with Crippen LogP contribution >= 0.6 is 0 Å². The average molecular weight is 414 g/mol. The summed E-state index contributed by atoms with van der Waals surface area (Å²) in [4.78, 5) is 12.3. The Labute approximate surface area is 167 Å². The van der Waals surface area contributed by atoms with E-state index in [4.69, 9.17) is 14.6 Å². The highest BCUT2D eigenvalue weighted by atomic mass is 32.2. The van der Waals surface area contributed by atoms with E-state index in [1.54, 1.807) is 11.9 Å². The molecular formula is C19H31N3O5S. The number of sulfonamides is 1. The van der Waals surface area contributed by atoms with Crippen molar-refractivity contribution < 1.29 is 22.7 Å². The van der Waals surface area contributed by atoms with Gasteiger partial charge in [-0.25, -0.2) is 18.1 Å². The molecule has 2 aliphatic carbocycles. The number of hydrazone groups is 1. The number of carbonyl (C=O) groups excluding carboxylic acids is 1. The lowest BCUT2D eigenvalue weighted by atomic mass is 9.77. The number of hydrogen-bond donors (Lipinski definition) is 1. The van der Waals surface area contributed by atoms with Gasteiger partial charge in [-0.1, -0.05) is 0 Å². The van der Waals surface area contributed by atoms with Gasteiger partial charge in [0, 0.05) is 25.1 Å². The first-order valence-electron chi connectivity index (χ1n) is 10.4. The second kappa shape index (κ2) is 8.01. The molecule has 0 aromatic carbocycles. The molecule has 2 aliphatic heterocycles. The minimum Gasteiger partial charge on any atom is -0.349 e. The SMILES string of the molecule is CC(=O)N1N=C(C2CCC(NS(C)(=O)=O)CC2)CC1C1CCC2OCOC2C1. The molecule has 0 bridgehead atoms. The van der Waals surface area contributed by atoms with Crippen LogP contribution in [0.1, 0.15) is 58.3 Å². The summed E-state index contributed by atoms with van der Waals surface area (Å²) < 4.78 is 37.0. The zero-order valence-corrected chi connectivity index (χ0v) is 17.5. The van der Waals surface area contributed by atoms with Crippen LogP contribution in [0.25, 0.3) is 0 Å². The summed E-state index contributed by atoms with van der Waals surface area (Å²) in [6.07, 6.45) is 8.80. The van der Waals surface area contributed by atoms with Crippen molar-refractivity contribution in [2.24, 2.45) is 16.9 Å². The molecule has 2 saturated carbocycles. The topological polar surface area (TPSA) is 97.3 Å². The molecule has 8 nitrogen and oxygen atoms in total. The number of carbonyl (C=O) groups is 1. The number of nitrogens with zero attached hydrogens (tertiary/aromatic N) is 2. The lowest BCUT2D eigenvalue weighted by Gasteiger charge is -2.35. The van der Waals surface area contributed by atoms with E-state index in [0.717, 1.165) is 57.1 Å². The first kappa shape index (κ1) is 20.3. The van der Waals surface area contributed by atoms with Crippen LogP contribution in [0.15, 0.2) is 5.10 Å². The van der Waals surface area contributed by atoms with Crippen LogP contribution in [-0.2, 0) is 24.3 Å². The molecule has 1 saturated heterocycles. The first-order chi connectivity index (χ1) is 13.3. The molecular weight excluding hydrogens is 382 g/mol. The molecule has 4 aliphatic rings. The van der Waals surface area contributed by atoms with Crippen LogP contribution in [0.5, 0.6) is 0 Å². The van der Waals surface area contributed by atoms with Gasteiger partial charge in [0.25, 0.3) is 0 Å². The van der Waals surface area contributed by atoms with Gasteiger partial charge in [0.15, 0.2) is 0 Å². The number of nitrogens with one attached hydrogen (secondary N) is 1. The van der Waals surface area contributed by atoms with Gasteiger partial charge >= 0.3 is 0 Å². The third-order valence-corrected chi connectivity index (χ3v) is 7.51. The minimum absolute atomic E-state index is 0.00172. The molecule has 1 amide bonds. The Hall–Kier alpha value is -1.03. The van der Waals surface area contributed by atoms with E-state index < -0.39 is 10.0 Å².